The summed E-state index contributed by atoms with van der Waals surface area (Å²) in [6.07, 6.45) is 0.968. The zero-order valence-electron chi connectivity index (χ0n) is 11.9. The molecule has 0 aromatic carbocycles. The Morgan fingerprint density at radius 3 is 2.32 bits per heavy atom. The molecule has 0 atom stereocenters. The quantitative estimate of drug-likeness (QED) is 0.779. The number of carbonyl (C=O) groups excluding carboxylic acids is 1. The lowest BCUT2D eigenvalue weighted by atomic mass is 10.3. The van der Waals surface area contributed by atoms with Crippen LogP contribution in [0.1, 0.15) is 37.0 Å². The van der Waals surface area contributed by atoms with Gasteiger partial charge in [0.1, 0.15) is 0 Å². The number of rotatable bonds is 8. The fourth-order valence-electron chi connectivity index (χ4n) is 1.88. The standard InChI is InChI=1S/C12H23N5OS/c1-4-16(5-2)8-7-9-17(6-3)11(18)10-14-15-12(13)19-10/h4-9H2,1-3H3,(H2,13,15). The van der Waals surface area contributed by atoms with Crippen molar-refractivity contribution in [1.82, 2.24) is 20.0 Å². The molecule has 0 aliphatic carbocycles. The average molecular weight is 285 g/mol. The summed E-state index contributed by atoms with van der Waals surface area (Å²) in [6, 6.07) is 0. The lowest BCUT2D eigenvalue weighted by Crippen LogP contribution is -2.34. The summed E-state index contributed by atoms with van der Waals surface area (Å²) in [5.74, 6) is -0.0729. The second-order valence-corrected chi connectivity index (χ2v) is 5.22. The molecule has 1 rings (SSSR count). The summed E-state index contributed by atoms with van der Waals surface area (Å²) in [5.41, 5.74) is 5.50. The SMILES string of the molecule is CCN(CC)CCCN(CC)C(=O)c1nnc(N)s1. The molecule has 0 saturated heterocycles. The zero-order valence-corrected chi connectivity index (χ0v) is 12.7. The van der Waals surface area contributed by atoms with E-state index in [1.807, 2.05) is 6.92 Å². The Morgan fingerprint density at radius 1 is 1.16 bits per heavy atom. The highest BCUT2D eigenvalue weighted by molar-refractivity contribution is 7.16. The molecule has 19 heavy (non-hydrogen) atoms. The maximum Gasteiger partial charge on any atom is 0.284 e. The largest absolute Gasteiger partial charge is 0.374 e. The van der Waals surface area contributed by atoms with Crippen LogP contribution in [0.5, 0.6) is 0 Å². The molecule has 1 heterocycles. The summed E-state index contributed by atoms with van der Waals surface area (Å²) in [7, 11) is 0. The van der Waals surface area contributed by atoms with E-state index in [1.165, 1.54) is 0 Å². The van der Waals surface area contributed by atoms with Gasteiger partial charge in [0.05, 0.1) is 0 Å². The summed E-state index contributed by atoms with van der Waals surface area (Å²) in [5, 5.41) is 8.19. The second kappa shape index (κ2) is 8.06. The first-order chi connectivity index (χ1) is 9.12. The number of nitrogens with two attached hydrogens (primary N) is 1. The first-order valence-electron chi connectivity index (χ1n) is 6.72. The van der Waals surface area contributed by atoms with E-state index in [0.717, 1.165) is 43.9 Å². The average Bonchev–Trinajstić information content (AvgIpc) is 2.85. The highest BCUT2D eigenvalue weighted by Gasteiger charge is 2.18. The molecule has 1 aromatic heterocycles. The van der Waals surface area contributed by atoms with Crippen LogP contribution in [0.2, 0.25) is 0 Å². The molecule has 108 valence electrons. The number of aromatic nitrogens is 2. The van der Waals surface area contributed by atoms with Gasteiger partial charge in [0.15, 0.2) is 0 Å². The van der Waals surface area contributed by atoms with Crippen LogP contribution < -0.4 is 5.73 Å². The minimum atomic E-state index is -0.0729. The number of amides is 1. The first-order valence-corrected chi connectivity index (χ1v) is 7.54. The third-order valence-electron chi connectivity index (χ3n) is 3.09. The number of hydrogen-bond donors (Lipinski definition) is 1. The van der Waals surface area contributed by atoms with Gasteiger partial charge < -0.3 is 15.5 Å². The predicted octanol–water partition coefficient (Wildman–Crippen LogP) is 1.31. The predicted molar refractivity (Wildman–Crippen MR) is 78.3 cm³/mol. The Bertz CT molecular complexity index is 391. The van der Waals surface area contributed by atoms with Crippen molar-refractivity contribution in [3.63, 3.8) is 0 Å². The summed E-state index contributed by atoms with van der Waals surface area (Å²) in [6.45, 7) is 10.8. The van der Waals surface area contributed by atoms with Gasteiger partial charge in [-0.1, -0.05) is 25.2 Å². The van der Waals surface area contributed by atoms with Gasteiger partial charge in [-0.25, -0.2) is 0 Å². The van der Waals surface area contributed by atoms with Gasteiger partial charge in [0, 0.05) is 13.1 Å². The Hall–Kier alpha value is -1.21. The van der Waals surface area contributed by atoms with Crippen molar-refractivity contribution in [3.8, 4) is 0 Å². The zero-order chi connectivity index (χ0) is 14.3. The molecule has 1 amide bonds. The van der Waals surface area contributed by atoms with Crippen molar-refractivity contribution in [2.24, 2.45) is 0 Å². The topological polar surface area (TPSA) is 75.3 Å². The minimum absolute atomic E-state index is 0.0729. The molecule has 0 bridgehead atoms. The summed E-state index contributed by atoms with van der Waals surface area (Å²) in [4.78, 5) is 16.3. The van der Waals surface area contributed by atoms with Gasteiger partial charge in [0.25, 0.3) is 5.91 Å². The van der Waals surface area contributed by atoms with Crippen molar-refractivity contribution in [2.75, 3.05) is 38.5 Å². The summed E-state index contributed by atoms with van der Waals surface area (Å²) >= 11 is 1.14. The fraction of sp³-hybridized carbons (Fsp3) is 0.750. The van der Waals surface area contributed by atoms with Crippen LogP contribution in [-0.2, 0) is 0 Å². The third-order valence-corrected chi connectivity index (χ3v) is 3.83. The van der Waals surface area contributed by atoms with Gasteiger partial charge >= 0.3 is 0 Å². The van der Waals surface area contributed by atoms with Crippen LogP contribution in [-0.4, -0.2) is 58.6 Å². The van der Waals surface area contributed by atoms with Crippen LogP contribution in [0.15, 0.2) is 0 Å². The van der Waals surface area contributed by atoms with E-state index in [9.17, 15) is 4.79 Å². The number of carbonyl (C=O) groups is 1. The van der Waals surface area contributed by atoms with E-state index in [0.29, 0.717) is 16.7 Å². The molecule has 0 aliphatic heterocycles. The third kappa shape index (κ3) is 4.76. The van der Waals surface area contributed by atoms with Crippen molar-refractivity contribution < 1.29 is 4.79 Å². The Balaban J connectivity index is 2.47. The van der Waals surface area contributed by atoms with E-state index in [4.69, 9.17) is 5.73 Å². The lowest BCUT2D eigenvalue weighted by molar-refractivity contribution is 0.0756. The van der Waals surface area contributed by atoms with Crippen LogP contribution in [0, 0.1) is 0 Å². The maximum absolute atomic E-state index is 12.2. The highest BCUT2D eigenvalue weighted by Crippen LogP contribution is 2.13. The minimum Gasteiger partial charge on any atom is -0.374 e. The number of anilines is 1. The van der Waals surface area contributed by atoms with Crippen molar-refractivity contribution in [2.45, 2.75) is 27.2 Å². The Morgan fingerprint density at radius 2 is 1.84 bits per heavy atom. The molecule has 0 aliphatic rings. The van der Waals surface area contributed by atoms with E-state index in [-0.39, 0.29) is 5.91 Å². The molecular formula is C12H23N5OS. The van der Waals surface area contributed by atoms with E-state index in [2.05, 4.69) is 28.9 Å². The van der Waals surface area contributed by atoms with Crippen molar-refractivity contribution >= 4 is 22.4 Å². The lowest BCUT2D eigenvalue weighted by Gasteiger charge is -2.22. The van der Waals surface area contributed by atoms with Gasteiger partial charge in [-0.15, -0.1) is 10.2 Å². The maximum atomic E-state index is 12.2. The highest BCUT2D eigenvalue weighted by atomic mass is 32.1. The molecule has 1 aromatic rings. The molecular weight excluding hydrogens is 262 g/mol. The monoisotopic (exact) mass is 285 g/mol. The number of nitrogens with zero attached hydrogens (tertiary/aromatic N) is 4. The first kappa shape index (κ1) is 15.8. The van der Waals surface area contributed by atoms with Crippen LogP contribution in [0.25, 0.3) is 0 Å². The Kier molecular flexibility index (Phi) is 6.72. The van der Waals surface area contributed by atoms with Crippen molar-refractivity contribution in [1.29, 1.82) is 0 Å². The van der Waals surface area contributed by atoms with E-state index < -0.39 is 0 Å². The molecule has 0 radical (unpaired) electrons. The molecule has 0 unspecified atom stereocenters. The molecule has 7 heteroatoms. The fourth-order valence-corrected chi connectivity index (χ4v) is 2.46. The molecule has 0 spiro atoms. The van der Waals surface area contributed by atoms with Gasteiger partial charge in [0.2, 0.25) is 10.1 Å². The molecule has 2 N–H and O–H groups in total. The second-order valence-electron chi connectivity index (χ2n) is 4.21. The smallest absolute Gasteiger partial charge is 0.284 e. The van der Waals surface area contributed by atoms with E-state index >= 15 is 0 Å². The normalized spacial score (nSPS) is 10.9. The van der Waals surface area contributed by atoms with Crippen LogP contribution in [0.4, 0.5) is 5.13 Å². The van der Waals surface area contributed by atoms with Gasteiger partial charge in [-0.3, -0.25) is 4.79 Å². The summed E-state index contributed by atoms with van der Waals surface area (Å²) < 4.78 is 0. The molecule has 0 fully saturated rings. The van der Waals surface area contributed by atoms with Crippen LogP contribution in [0.3, 0.4) is 0 Å². The molecule has 0 saturated carbocycles. The van der Waals surface area contributed by atoms with Crippen LogP contribution >= 0.6 is 11.3 Å². The van der Waals surface area contributed by atoms with Gasteiger partial charge in [-0.05, 0) is 33.0 Å². The number of nitrogen functional groups attached to an aromatic ring is 1. The van der Waals surface area contributed by atoms with E-state index in [1.54, 1.807) is 4.90 Å². The van der Waals surface area contributed by atoms with Crippen molar-refractivity contribution in [3.05, 3.63) is 5.01 Å². The van der Waals surface area contributed by atoms with Gasteiger partial charge in [-0.2, -0.15) is 0 Å². The molecule has 6 nitrogen and oxygen atoms in total. The number of hydrogen-bond acceptors (Lipinski definition) is 6. The Labute approximate surface area is 118 Å².